The van der Waals surface area contributed by atoms with Crippen molar-refractivity contribution in [2.24, 2.45) is 0 Å². The van der Waals surface area contributed by atoms with Crippen LogP contribution in [-0.4, -0.2) is 35.9 Å². The number of amides is 2. The second kappa shape index (κ2) is 11.7. The standard InChI is InChI=1S/C22H26Cl2N2O3/c1-3-25-22(28)16(2)26(15-17-11-12-19(23)20(24)14-17)21(27)10-7-13-29-18-8-5-4-6-9-18/h4-6,8-9,11-12,14,16H,3,7,10,13,15H2,1-2H3,(H,25,28)/t16-/m1/s1. The highest BCUT2D eigenvalue weighted by molar-refractivity contribution is 6.42. The summed E-state index contributed by atoms with van der Waals surface area (Å²) in [6.07, 6.45) is 0.825. The van der Waals surface area contributed by atoms with E-state index in [0.29, 0.717) is 29.6 Å². The van der Waals surface area contributed by atoms with E-state index in [4.69, 9.17) is 27.9 Å². The van der Waals surface area contributed by atoms with Gasteiger partial charge in [0.05, 0.1) is 16.7 Å². The second-order valence-corrected chi connectivity index (χ2v) is 7.42. The number of likely N-dealkylation sites (N-methyl/N-ethyl adjacent to an activating group) is 1. The van der Waals surface area contributed by atoms with Gasteiger partial charge in [-0.2, -0.15) is 0 Å². The third kappa shape index (κ3) is 7.26. The first-order chi connectivity index (χ1) is 13.9. The number of hydrogen-bond acceptors (Lipinski definition) is 3. The third-order valence-electron chi connectivity index (χ3n) is 4.40. The van der Waals surface area contributed by atoms with Crippen molar-refractivity contribution in [3.05, 3.63) is 64.1 Å². The van der Waals surface area contributed by atoms with Crippen molar-refractivity contribution in [1.29, 1.82) is 0 Å². The summed E-state index contributed by atoms with van der Waals surface area (Å²) in [5.41, 5.74) is 0.810. The first-order valence-electron chi connectivity index (χ1n) is 9.61. The van der Waals surface area contributed by atoms with Crippen LogP contribution in [-0.2, 0) is 16.1 Å². The summed E-state index contributed by atoms with van der Waals surface area (Å²) >= 11 is 12.1. The summed E-state index contributed by atoms with van der Waals surface area (Å²) in [6, 6.07) is 14.1. The number of carbonyl (C=O) groups is 2. The number of para-hydroxylation sites is 1. The summed E-state index contributed by atoms with van der Waals surface area (Å²) < 4.78 is 5.65. The quantitative estimate of drug-likeness (QED) is 0.548. The highest BCUT2D eigenvalue weighted by Crippen LogP contribution is 2.24. The lowest BCUT2D eigenvalue weighted by atomic mass is 10.1. The summed E-state index contributed by atoms with van der Waals surface area (Å²) in [7, 11) is 0. The van der Waals surface area contributed by atoms with Crippen molar-refractivity contribution in [2.75, 3.05) is 13.2 Å². The molecule has 0 spiro atoms. The van der Waals surface area contributed by atoms with Gasteiger partial charge in [-0.3, -0.25) is 9.59 Å². The molecule has 0 saturated carbocycles. The Balaban J connectivity index is 2.01. The fourth-order valence-corrected chi connectivity index (χ4v) is 3.13. The van der Waals surface area contributed by atoms with Crippen molar-refractivity contribution < 1.29 is 14.3 Å². The van der Waals surface area contributed by atoms with Gasteiger partial charge in [-0.1, -0.05) is 47.5 Å². The molecule has 2 rings (SSSR count). The van der Waals surface area contributed by atoms with Crippen LogP contribution in [0.25, 0.3) is 0 Å². The Hall–Kier alpha value is -2.24. The van der Waals surface area contributed by atoms with Gasteiger partial charge in [0, 0.05) is 19.5 Å². The molecule has 0 unspecified atom stereocenters. The molecule has 2 aromatic rings. The minimum Gasteiger partial charge on any atom is -0.494 e. The van der Waals surface area contributed by atoms with Crippen molar-refractivity contribution >= 4 is 35.0 Å². The molecule has 1 N–H and O–H groups in total. The normalized spacial score (nSPS) is 11.6. The van der Waals surface area contributed by atoms with Gasteiger partial charge in [0.2, 0.25) is 11.8 Å². The smallest absolute Gasteiger partial charge is 0.242 e. The summed E-state index contributed by atoms with van der Waals surface area (Å²) in [6.45, 7) is 4.76. The number of hydrogen-bond donors (Lipinski definition) is 1. The molecule has 0 bridgehead atoms. The van der Waals surface area contributed by atoms with Gasteiger partial charge in [-0.05, 0) is 50.1 Å². The lowest BCUT2D eigenvalue weighted by molar-refractivity contribution is -0.140. The van der Waals surface area contributed by atoms with E-state index in [2.05, 4.69) is 5.32 Å². The maximum absolute atomic E-state index is 12.9. The van der Waals surface area contributed by atoms with Crippen LogP contribution in [0.4, 0.5) is 0 Å². The molecule has 0 aromatic heterocycles. The van der Waals surface area contributed by atoms with Crippen molar-refractivity contribution in [2.45, 2.75) is 39.3 Å². The zero-order valence-electron chi connectivity index (χ0n) is 16.7. The van der Waals surface area contributed by atoms with Gasteiger partial charge in [-0.15, -0.1) is 0 Å². The second-order valence-electron chi connectivity index (χ2n) is 6.61. The summed E-state index contributed by atoms with van der Waals surface area (Å²) in [4.78, 5) is 26.8. The van der Waals surface area contributed by atoms with Crippen LogP contribution >= 0.6 is 23.2 Å². The Bertz CT molecular complexity index is 815. The molecular formula is C22H26Cl2N2O3. The molecule has 0 fully saturated rings. The molecular weight excluding hydrogens is 411 g/mol. The number of carbonyl (C=O) groups excluding carboxylic acids is 2. The molecule has 0 heterocycles. The highest BCUT2D eigenvalue weighted by atomic mass is 35.5. The molecule has 2 aromatic carbocycles. The van der Waals surface area contributed by atoms with E-state index < -0.39 is 6.04 Å². The SMILES string of the molecule is CCNC(=O)[C@@H](C)N(Cc1ccc(Cl)c(Cl)c1)C(=O)CCCOc1ccccc1. The Kier molecular flexibility index (Phi) is 9.29. The first kappa shape index (κ1) is 23.0. The van der Waals surface area contributed by atoms with Gasteiger partial charge >= 0.3 is 0 Å². The molecule has 0 aliphatic rings. The fraction of sp³-hybridized carbons (Fsp3) is 0.364. The molecule has 5 nitrogen and oxygen atoms in total. The first-order valence-corrected chi connectivity index (χ1v) is 10.4. The zero-order chi connectivity index (χ0) is 21.2. The topological polar surface area (TPSA) is 58.6 Å². The monoisotopic (exact) mass is 436 g/mol. The molecule has 1 atom stereocenters. The van der Waals surface area contributed by atoms with Crippen LogP contribution in [0.15, 0.2) is 48.5 Å². The summed E-state index contributed by atoms with van der Waals surface area (Å²) in [5.74, 6) is 0.455. The van der Waals surface area contributed by atoms with Crippen LogP contribution in [0.1, 0.15) is 32.3 Å². The number of nitrogens with one attached hydrogen (secondary N) is 1. The molecule has 156 valence electrons. The Labute approximate surface area is 181 Å². The number of rotatable bonds is 10. The van der Waals surface area contributed by atoms with Gasteiger partial charge in [0.25, 0.3) is 0 Å². The number of ether oxygens (including phenoxy) is 1. The van der Waals surface area contributed by atoms with Gasteiger partial charge < -0.3 is 15.0 Å². The van der Waals surface area contributed by atoms with Crippen LogP contribution in [0.2, 0.25) is 10.0 Å². The van der Waals surface area contributed by atoms with Gasteiger partial charge in [-0.25, -0.2) is 0 Å². The third-order valence-corrected chi connectivity index (χ3v) is 5.14. The number of nitrogens with zero attached hydrogens (tertiary/aromatic N) is 1. The van der Waals surface area contributed by atoms with Crippen molar-refractivity contribution in [3.8, 4) is 5.75 Å². The van der Waals surface area contributed by atoms with Crippen molar-refractivity contribution in [1.82, 2.24) is 10.2 Å². The lowest BCUT2D eigenvalue weighted by Gasteiger charge is -2.29. The Morgan fingerprint density at radius 1 is 1.10 bits per heavy atom. The van der Waals surface area contributed by atoms with Crippen LogP contribution in [0.5, 0.6) is 5.75 Å². The van der Waals surface area contributed by atoms with Crippen molar-refractivity contribution in [3.63, 3.8) is 0 Å². The lowest BCUT2D eigenvalue weighted by Crippen LogP contribution is -2.47. The Morgan fingerprint density at radius 2 is 1.83 bits per heavy atom. The maximum Gasteiger partial charge on any atom is 0.242 e. The van der Waals surface area contributed by atoms with E-state index in [0.717, 1.165) is 11.3 Å². The zero-order valence-corrected chi connectivity index (χ0v) is 18.2. The fourth-order valence-electron chi connectivity index (χ4n) is 2.81. The van der Waals surface area contributed by atoms with E-state index >= 15 is 0 Å². The van der Waals surface area contributed by atoms with E-state index in [1.54, 1.807) is 30.0 Å². The largest absolute Gasteiger partial charge is 0.494 e. The van der Waals surface area contributed by atoms with Crippen LogP contribution in [0.3, 0.4) is 0 Å². The van der Waals surface area contributed by atoms with E-state index in [-0.39, 0.29) is 24.8 Å². The number of benzene rings is 2. The van der Waals surface area contributed by atoms with Gasteiger partial charge in [0.1, 0.15) is 11.8 Å². The predicted molar refractivity (Wildman–Crippen MR) is 116 cm³/mol. The highest BCUT2D eigenvalue weighted by Gasteiger charge is 2.25. The summed E-state index contributed by atoms with van der Waals surface area (Å²) in [5, 5.41) is 3.63. The molecule has 0 aliphatic carbocycles. The average Bonchev–Trinajstić information content (AvgIpc) is 2.72. The van der Waals surface area contributed by atoms with E-state index in [9.17, 15) is 9.59 Å². The molecule has 0 radical (unpaired) electrons. The molecule has 29 heavy (non-hydrogen) atoms. The van der Waals surface area contributed by atoms with Gasteiger partial charge in [0.15, 0.2) is 0 Å². The van der Waals surface area contributed by atoms with Crippen LogP contribution < -0.4 is 10.1 Å². The molecule has 7 heteroatoms. The molecule has 2 amide bonds. The van der Waals surface area contributed by atoms with E-state index in [1.165, 1.54) is 0 Å². The Morgan fingerprint density at radius 3 is 2.48 bits per heavy atom. The predicted octanol–water partition coefficient (Wildman–Crippen LogP) is 4.71. The minimum atomic E-state index is -0.605. The molecule has 0 saturated heterocycles. The van der Waals surface area contributed by atoms with E-state index in [1.807, 2.05) is 37.3 Å². The average molecular weight is 437 g/mol. The molecule has 0 aliphatic heterocycles. The number of halogens is 2. The minimum absolute atomic E-state index is 0.119. The van der Waals surface area contributed by atoms with Crippen LogP contribution in [0, 0.1) is 0 Å². The maximum atomic E-state index is 12.9.